The summed E-state index contributed by atoms with van der Waals surface area (Å²) in [5.41, 5.74) is 5.73. The zero-order valence-electron chi connectivity index (χ0n) is 26.6. The number of sulfonamides is 1. The average molecular weight is 618 g/mol. The molecule has 0 heterocycles. The van der Waals surface area contributed by atoms with Gasteiger partial charge in [0, 0.05) is 32.0 Å². The number of carbonyl (C=O) groups excluding carboxylic acids is 2. The first kappa shape index (κ1) is 33.2. The number of benzene rings is 3. The predicted molar refractivity (Wildman–Crippen MR) is 178 cm³/mol. The van der Waals surface area contributed by atoms with E-state index in [4.69, 9.17) is 0 Å². The van der Waals surface area contributed by atoms with E-state index in [9.17, 15) is 18.0 Å². The maximum atomic E-state index is 14.1. The van der Waals surface area contributed by atoms with Crippen LogP contribution in [0.1, 0.15) is 72.8 Å². The molecular formula is C36H47N3O4S. The van der Waals surface area contributed by atoms with Gasteiger partial charge in [0.1, 0.15) is 6.04 Å². The van der Waals surface area contributed by atoms with E-state index in [-0.39, 0.29) is 30.8 Å². The van der Waals surface area contributed by atoms with Crippen molar-refractivity contribution in [2.75, 3.05) is 17.1 Å². The van der Waals surface area contributed by atoms with Gasteiger partial charge in [-0.2, -0.15) is 0 Å². The highest BCUT2D eigenvalue weighted by Gasteiger charge is 2.32. The zero-order chi connectivity index (χ0) is 31.7. The van der Waals surface area contributed by atoms with E-state index in [0.717, 1.165) is 53.5 Å². The molecule has 0 saturated heterocycles. The Labute approximate surface area is 263 Å². The molecule has 0 radical (unpaired) electrons. The summed E-state index contributed by atoms with van der Waals surface area (Å²) in [6.07, 6.45) is 7.31. The Morgan fingerprint density at radius 1 is 0.864 bits per heavy atom. The van der Waals surface area contributed by atoms with E-state index < -0.39 is 16.1 Å². The second-order valence-electron chi connectivity index (χ2n) is 12.3. The molecule has 0 aromatic heterocycles. The first-order valence-electron chi connectivity index (χ1n) is 15.8. The molecule has 2 amide bonds. The Hall–Kier alpha value is -3.65. The molecule has 0 unspecified atom stereocenters. The minimum atomic E-state index is -3.56. The van der Waals surface area contributed by atoms with E-state index in [1.165, 1.54) is 17.0 Å². The van der Waals surface area contributed by atoms with Crippen LogP contribution in [0.2, 0.25) is 0 Å². The minimum absolute atomic E-state index is 0.116. The van der Waals surface area contributed by atoms with E-state index in [1.807, 2.05) is 87.5 Å². The topological polar surface area (TPSA) is 86.8 Å². The molecule has 3 aromatic rings. The molecule has 0 aliphatic heterocycles. The lowest BCUT2D eigenvalue weighted by atomic mass is 9.94. The van der Waals surface area contributed by atoms with Crippen LogP contribution < -0.4 is 9.62 Å². The van der Waals surface area contributed by atoms with Crippen molar-refractivity contribution in [3.8, 4) is 0 Å². The normalized spacial score (nSPS) is 14.5. The molecule has 8 heteroatoms. The van der Waals surface area contributed by atoms with Crippen LogP contribution in [0.3, 0.4) is 0 Å². The van der Waals surface area contributed by atoms with Crippen LogP contribution in [0, 0.1) is 20.8 Å². The second-order valence-corrected chi connectivity index (χ2v) is 14.2. The fourth-order valence-corrected chi connectivity index (χ4v) is 6.83. The maximum absolute atomic E-state index is 14.1. The third kappa shape index (κ3) is 9.42. The number of hydrogen-bond acceptors (Lipinski definition) is 4. The molecule has 1 aliphatic carbocycles. The molecule has 1 atom stereocenters. The highest BCUT2D eigenvalue weighted by molar-refractivity contribution is 7.92. The van der Waals surface area contributed by atoms with Gasteiger partial charge in [0.05, 0.1) is 11.9 Å². The summed E-state index contributed by atoms with van der Waals surface area (Å²) < 4.78 is 26.9. The van der Waals surface area contributed by atoms with Gasteiger partial charge in [-0.15, -0.1) is 0 Å². The summed E-state index contributed by atoms with van der Waals surface area (Å²) in [6.45, 7) is 6.43. The fourth-order valence-electron chi connectivity index (χ4n) is 5.87. The number of rotatable bonds is 13. The summed E-state index contributed by atoms with van der Waals surface area (Å²) in [7, 11) is -3.56. The Kier molecular flexibility index (Phi) is 11.6. The summed E-state index contributed by atoms with van der Waals surface area (Å²) in [5, 5.41) is 3.27. The third-order valence-electron chi connectivity index (χ3n) is 8.63. The van der Waals surface area contributed by atoms with Gasteiger partial charge in [0.15, 0.2) is 0 Å². The van der Waals surface area contributed by atoms with Crippen molar-refractivity contribution in [1.29, 1.82) is 0 Å². The second kappa shape index (κ2) is 15.4. The van der Waals surface area contributed by atoms with Crippen LogP contribution >= 0.6 is 0 Å². The number of hydrogen-bond donors (Lipinski definition) is 1. The number of nitrogens with one attached hydrogen (secondary N) is 1. The summed E-state index contributed by atoms with van der Waals surface area (Å²) in [6, 6.07) is 22.9. The molecular weight excluding hydrogens is 570 g/mol. The van der Waals surface area contributed by atoms with Gasteiger partial charge in [-0.25, -0.2) is 8.42 Å². The highest BCUT2D eigenvalue weighted by Crippen LogP contribution is 2.23. The van der Waals surface area contributed by atoms with Gasteiger partial charge in [-0.1, -0.05) is 85.5 Å². The monoisotopic (exact) mass is 617 g/mol. The Balaban J connectivity index is 1.59. The number of aryl methyl sites for hydroxylation is 3. The number of nitrogens with zero attached hydrogens (tertiary/aromatic N) is 2. The molecule has 1 N–H and O–H groups in total. The maximum Gasteiger partial charge on any atom is 0.243 e. The summed E-state index contributed by atoms with van der Waals surface area (Å²) in [5.74, 6) is -0.298. The van der Waals surface area contributed by atoms with E-state index in [2.05, 4.69) is 5.32 Å². The molecule has 4 rings (SSSR count). The lowest BCUT2D eigenvalue weighted by Gasteiger charge is -2.34. The predicted octanol–water partition coefficient (Wildman–Crippen LogP) is 6.25. The van der Waals surface area contributed by atoms with Crippen LogP contribution in [-0.2, 0) is 32.6 Å². The molecule has 236 valence electrons. The van der Waals surface area contributed by atoms with Crippen LogP contribution in [0.4, 0.5) is 5.69 Å². The summed E-state index contributed by atoms with van der Waals surface area (Å²) in [4.78, 5) is 29.8. The Morgan fingerprint density at radius 3 is 2.18 bits per heavy atom. The van der Waals surface area contributed by atoms with Crippen LogP contribution in [0.25, 0.3) is 0 Å². The van der Waals surface area contributed by atoms with Crippen molar-refractivity contribution in [2.24, 2.45) is 0 Å². The fraction of sp³-hybridized carbons (Fsp3) is 0.444. The zero-order valence-corrected chi connectivity index (χ0v) is 27.4. The molecule has 7 nitrogen and oxygen atoms in total. The molecule has 0 bridgehead atoms. The first-order chi connectivity index (χ1) is 21.0. The van der Waals surface area contributed by atoms with E-state index >= 15 is 0 Å². The van der Waals surface area contributed by atoms with E-state index in [0.29, 0.717) is 25.1 Å². The molecule has 0 spiro atoms. The molecule has 1 fully saturated rings. The lowest BCUT2D eigenvalue weighted by Crippen LogP contribution is -2.52. The van der Waals surface area contributed by atoms with Crippen molar-refractivity contribution in [1.82, 2.24) is 10.2 Å². The number of anilines is 1. The average Bonchev–Trinajstić information content (AvgIpc) is 3.00. The Bertz CT molecular complexity index is 1500. The van der Waals surface area contributed by atoms with Gasteiger partial charge in [0.25, 0.3) is 0 Å². The van der Waals surface area contributed by atoms with E-state index in [1.54, 1.807) is 11.0 Å². The molecule has 44 heavy (non-hydrogen) atoms. The van der Waals surface area contributed by atoms with Gasteiger partial charge >= 0.3 is 0 Å². The van der Waals surface area contributed by atoms with Crippen LogP contribution in [0.5, 0.6) is 0 Å². The van der Waals surface area contributed by atoms with Gasteiger partial charge in [-0.3, -0.25) is 13.9 Å². The molecule has 1 aliphatic rings. The SMILES string of the molecule is Cc1ccc(CN(C(=O)CCCN(c2ccc(C)c(C)c2)S(C)(=O)=O)[C@@H](Cc2ccccc2)C(=O)NC2CCCCC2)cc1. The van der Waals surface area contributed by atoms with Crippen molar-refractivity contribution in [3.63, 3.8) is 0 Å². The minimum Gasteiger partial charge on any atom is -0.352 e. The molecule has 3 aromatic carbocycles. The lowest BCUT2D eigenvalue weighted by molar-refractivity contribution is -0.141. The number of amides is 2. The van der Waals surface area contributed by atoms with Gasteiger partial charge < -0.3 is 10.2 Å². The van der Waals surface area contributed by atoms with Gasteiger partial charge in [-0.05, 0) is 74.4 Å². The van der Waals surface area contributed by atoms with Crippen molar-refractivity contribution in [3.05, 3.63) is 101 Å². The summed E-state index contributed by atoms with van der Waals surface area (Å²) >= 11 is 0. The van der Waals surface area contributed by atoms with Crippen molar-refractivity contribution in [2.45, 2.75) is 90.8 Å². The van der Waals surface area contributed by atoms with Crippen molar-refractivity contribution >= 4 is 27.5 Å². The van der Waals surface area contributed by atoms with Gasteiger partial charge in [0.2, 0.25) is 21.8 Å². The quantitative estimate of drug-likeness (QED) is 0.246. The third-order valence-corrected chi connectivity index (χ3v) is 9.82. The molecule has 1 saturated carbocycles. The highest BCUT2D eigenvalue weighted by atomic mass is 32.2. The number of carbonyl (C=O) groups is 2. The first-order valence-corrected chi connectivity index (χ1v) is 17.6. The van der Waals surface area contributed by atoms with Crippen molar-refractivity contribution < 1.29 is 18.0 Å². The largest absolute Gasteiger partial charge is 0.352 e. The smallest absolute Gasteiger partial charge is 0.243 e. The standard InChI is InChI=1S/C36H47N3O4S/c1-27-17-20-31(21-18-27)26-38(34(25-30-12-7-5-8-13-30)36(41)37-32-14-9-6-10-15-32)35(40)16-11-23-39(44(4,42)43)33-22-19-28(2)29(3)24-33/h5,7-8,12-13,17-22,24,32,34H,6,9-11,14-16,23,25-26H2,1-4H3,(H,37,41)/t34-/m0/s1. The van der Waals surface area contributed by atoms with Crippen LogP contribution in [-0.4, -0.2) is 50.0 Å². The van der Waals surface area contributed by atoms with Crippen LogP contribution in [0.15, 0.2) is 72.8 Å². The Morgan fingerprint density at radius 2 is 1.55 bits per heavy atom.